The third-order valence-corrected chi connectivity index (χ3v) is 6.13. The SMILES string of the molecule is C1=C(c2ccccc2)C2(CC1)c1ccccc1-n1nnc(-c3ccccc3)c12. The molecule has 3 nitrogen and oxygen atoms in total. The fourth-order valence-corrected chi connectivity index (χ4v) is 5.02. The molecule has 3 heteroatoms. The van der Waals surface area contributed by atoms with Crippen molar-refractivity contribution in [2.45, 2.75) is 18.3 Å². The number of hydrogen-bond donors (Lipinski definition) is 0. The lowest BCUT2D eigenvalue weighted by Gasteiger charge is -2.29. The standard InChI is InChI=1S/C25H19N3/c1-3-10-18(11-4-1)20-15-9-17-25(20)21-14-7-8-16-22(21)28-24(25)23(26-27-28)19-12-5-2-6-13-19/h1-8,10-16H,9,17H2. The molecule has 1 unspecified atom stereocenters. The highest BCUT2D eigenvalue weighted by molar-refractivity contribution is 5.87. The Morgan fingerprint density at radius 3 is 2.21 bits per heavy atom. The van der Waals surface area contributed by atoms with Crippen molar-refractivity contribution in [2.24, 2.45) is 0 Å². The summed E-state index contributed by atoms with van der Waals surface area (Å²) in [7, 11) is 0. The first-order valence-electron chi connectivity index (χ1n) is 9.77. The van der Waals surface area contributed by atoms with Crippen molar-refractivity contribution in [3.63, 3.8) is 0 Å². The molecule has 28 heavy (non-hydrogen) atoms. The maximum atomic E-state index is 4.64. The van der Waals surface area contributed by atoms with Crippen LogP contribution in [0.2, 0.25) is 0 Å². The average molecular weight is 361 g/mol. The van der Waals surface area contributed by atoms with Gasteiger partial charge < -0.3 is 0 Å². The molecule has 6 rings (SSSR count). The van der Waals surface area contributed by atoms with Crippen LogP contribution in [0, 0.1) is 0 Å². The molecule has 2 heterocycles. The fourth-order valence-electron chi connectivity index (χ4n) is 5.02. The summed E-state index contributed by atoms with van der Waals surface area (Å²) in [5.74, 6) is 0. The molecule has 0 fully saturated rings. The smallest absolute Gasteiger partial charge is 0.118 e. The summed E-state index contributed by atoms with van der Waals surface area (Å²) >= 11 is 0. The summed E-state index contributed by atoms with van der Waals surface area (Å²) in [5, 5.41) is 9.24. The average Bonchev–Trinajstić information content (AvgIpc) is 3.46. The van der Waals surface area contributed by atoms with Gasteiger partial charge in [0.15, 0.2) is 0 Å². The maximum absolute atomic E-state index is 4.64. The quantitative estimate of drug-likeness (QED) is 0.478. The summed E-state index contributed by atoms with van der Waals surface area (Å²) in [6.07, 6.45) is 4.50. The first kappa shape index (κ1) is 15.6. The highest BCUT2D eigenvalue weighted by Crippen LogP contribution is 2.58. The van der Waals surface area contributed by atoms with Gasteiger partial charge in [-0.25, -0.2) is 4.68 Å². The third kappa shape index (κ3) is 1.93. The monoisotopic (exact) mass is 361 g/mol. The minimum Gasteiger partial charge on any atom is -0.215 e. The van der Waals surface area contributed by atoms with E-state index in [0.717, 1.165) is 29.8 Å². The Hall–Kier alpha value is -3.46. The second-order valence-electron chi connectivity index (χ2n) is 7.51. The topological polar surface area (TPSA) is 30.7 Å². The number of para-hydroxylation sites is 1. The third-order valence-electron chi connectivity index (χ3n) is 6.13. The van der Waals surface area contributed by atoms with Crippen LogP contribution in [0.25, 0.3) is 22.5 Å². The molecule has 1 spiro atoms. The number of nitrogens with zero attached hydrogens (tertiary/aromatic N) is 3. The molecule has 0 bridgehead atoms. The van der Waals surface area contributed by atoms with Crippen molar-refractivity contribution in [3.8, 4) is 16.9 Å². The fraction of sp³-hybridized carbons (Fsp3) is 0.120. The summed E-state index contributed by atoms with van der Waals surface area (Å²) in [4.78, 5) is 0. The van der Waals surface area contributed by atoms with Crippen molar-refractivity contribution in [3.05, 3.63) is 108 Å². The second kappa shape index (κ2) is 5.77. The minimum atomic E-state index is -0.202. The Labute approximate surface area is 164 Å². The van der Waals surface area contributed by atoms with Gasteiger partial charge in [0.25, 0.3) is 0 Å². The zero-order chi connectivity index (χ0) is 18.6. The van der Waals surface area contributed by atoms with E-state index in [0.29, 0.717) is 0 Å². The second-order valence-corrected chi connectivity index (χ2v) is 7.51. The van der Waals surface area contributed by atoms with Gasteiger partial charge >= 0.3 is 0 Å². The molecular weight excluding hydrogens is 342 g/mol. The van der Waals surface area contributed by atoms with Crippen molar-refractivity contribution in [2.75, 3.05) is 0 Å². The molecular formula is C25H19N3. The van der Waals surface area contributed by atoms with Crippen LogP contribution >= 0.6 is 0 Å². The Bertz CT molecular complexity index is 1210. The molecule has 0 saturated heterocycles. The summed E-state index contributed by atoms with van der Waals surface area (Å²) in [5.41, 5.74) is 8.25. The summed E-state index contributed by atoms with van der Waals surface area (Å²) < 4.78 is 2.07. The lowest BCUT2D eigenvalue weighted by Crippen LogP contribution is -2.25. The number of aromatic nitrogens is 3. The molecule has 1 aliphatic carbocycles. The van der Waals surface area contributed by atoms with E-state index >= 15 is 0 Å². The van der Waals surface area contributed by atoms with E-state index in [9.17, 15) is 0 Å². The van der Waals surface area contributed by atoms with Gasteiger partial charge in [-0.2, -0.15) is 0 Å². The van der Waals surface area contributed by atoms with Crippen LogP contribution in [0.3, 0.4) is 0 Å². The molecule has 3 aromatic carbocycles. The molecule has 0 N–H and O–H groups in total. The van der Waals surface area contributed by atoms with E-state index in [1.807, 2.05) is 6.07 Å². The van der Waals surface area contributed by atoms with E-state index in [1.54, 1.807) is 0 Å². The van der Waals surface area contributed by atoms with E-state index in [2.05, 4.69) is 99.9 Å². The Kier molecular flexibility index (Phi) is 3.21. The molecule has 1 aromatic heterocycles. The molecule has 0 radical (unpaired) electrons. The molecule has 134 valence electrons. The Morgan fingerprint density at radius 1 is 0.750 bits per heavy atom. The van der Waals surface area contributed by atoms with Crippen LogP contribution < -0.4 is 0 Å². The minimum absolute atomic E-state index is 0.202. The largest absolute Gasteiger partial charge is 0.215 e. The van der Waals surface area contributed by atoms with E-state index in [4.69, 9.17) is 0 Å². The van der Waals surface area contributed by atoms with Crippen LogP contribution in [-0.4, -0.2) is 15.0 Å². The van der Waals surface area contributed by atoms with Gasteiger partial charge in [-0.1, -0.05) is 90.2 Å². The number of allylic oxidation sites excluding steroid dienone is 2. The molecule has 1 aliphatic heterocycles. The lowest BCUT2D eigenvalue weighted by atomic mass is 9.70. The van der Waals surface area contributed by atoms with Crippen LogP contribution in [0.4, 0.5) is 0 Å². The van der Waals surface area contributed by atoms with Gasteiger partial charge in [0.1, 0.15) is 5.69 Å². The molecule has 2 aliphatic rings. The number of fused-ring (bicyclic) bond motifs is 5. The summed E-state index contributed by atoms with van der Waals surface area (Å²) in [6.45, 7) is 0. The van der Waals surface area contributed by atoms with E-state index < -0.39 is 0 Å². The van der Waals surface area contributed by atoms with Gasteiger partial charge in [-0.15, -0.1) is 5.10 Å². The van der Waals surface area contributed by atoms with E-state index in [1.165, 1.54) is 22.4 Å². The van der Waals surface area contributed by atoms with Gasteiger partial charge in [0, 0.05) is 5.56 Å². The zero-order valence-corrected chi connectivity index (χ0v) is 15.4. The Balaban J connectivity index is 1.68. The molecule has 1 atom stereocenters. The Morgan fingerprint density at radius 2 is 1.43 bits per heavy atom. The van der Waals surface area contributed by atoms with Crippen molar-refractivity contribution in [1.82, 2.24) is 15.0 Å². The number of benzene rings is 3. The van der Waals surface area contributed by atoms with Crippen LogP contribution in [0.1, 0.15) is 29.7 Å². The highest BCUT2D eigenvalue weighted by atomic mass is 15.4. The number of rotatable bonds is 2. The predicted molar refractivity (Wildman–Crippen MR) is 111 cm³/mol. The van der Waals surface area contributed by atoms with Crippen LogP contribution in [0.5, 0.6) is 0 Å². The summed E-state index contributed by atoms with van der Waals surface area (Å²) in [6, 6.07) is 29.9. The molecule has 4 aromatic rings. The van der Waals surface area contributed by atoms with E-state index in [-0.39, 0.29) is 5.41 Å². The van der Waals surface area contributed by atoms with Crippen LogP contribution in [-0.2, 0) is 5.41 Å². The van der Waals surface area contributed by atoms with Crippen molar-refractivity contribution < 1.29 is 0 Å². The first-order chi connectivity index (χ1) is 13.9. The predicted octanol–water partition coefficient (Wildman–Crippen LogP) is 5.41. The van der Waals surface area contributed by atoms with Gasteiger partial charge in [0.05, 0.1) is 16.8 Å². The normalized spacial score (nSPS) is 19.5. The molecule has 0 saturated carbocycles. The van der Waals surface area contributed by atoms with Gasteiger partial charge in [-0.05, 0) is 35.6 Å². The van der Waals surface area contributed by atoms with Gasteiger partial charge in [0.2, 0.25) is 0 Å². The molecule has 0 amide bonds. The zero-order valence-electron chi connectivity index (χ0n) is 15.4. The van der Waals surface area contributed by atoms with Crippen molar-refractivity contribution in [1.29, 1.82) is 0 Å². The van der Waals surface area contributed by atoms with Crippen LogP contribution in [0.15, 0.2) is 91.0 Å². The lowest BCUT2D eigenvalue weighted by molar-refractivity contribution is 0.633. The van der Waals surface area contributed by atoms with Gasteiger partial charge in [-0.3, -0.25) is 0 Å². The maximum Gasteiger partial charge on any atom is 0.118 e. The van der Waals surface area contributed by atoms with Crippen molar-refractivity contribution >= 4 is 5.57 Å². The first-order valence-corrected chi connectivity index (χ1v) is 9.77. The highest BCUT2D eigenvalue weighted by Gasteiger charge is 2.51. The number of hydrogen-bond acceptors (Lipinski definition) is 2.